The van der Waals surface area contributed by atoms with E-state index in [0.717, 1.165) is 25.7 Å². The molecule has 0 saturated carbocycles. The highest BCUT2D eigenvalue weighted by atomic mass is 32.1. The highest BCUT2D eigenvalue weighted by Gasteiger charge is 2.24. The van der Waals surface area contributed by atoms with E-state index in [9.17, 15) is 4.79 Å². The van der Waals surface area contributed by atoms with Crippen LogP contribution in [0.25, 0.3) is 0 Å². The second kappa shape index (κ2) is 5.79. The number of aromatic nitrogens is 2. The number of amides is 1. The summed E-state index contributed by atoms with van der Waals surface area (Å²) < 4.78 is 1.93. The molecule has 2 heterocycles. The molecule has 0 aromatic carbocycles. The van der Waals surface area contributed by atoms with E-state index < -0.39 is 0 Å². The summed E-state index contributed by atoms with van der Waals surface area (Å²) in [6.07, 6.45) is 6.49. The molecule has 5 heteroatoms. The van der Waals surface area contributed by atoms with Crippen LogP contribution in [0, 0.1) is 0 Å². The highest BCUT2D eigenvalue weighted by molar-refractivity contribution is 7.09. The normalized spacial score (nSPS) is 17.8. The van der Waals surface area contributed by atoms with Crippen LogP contribution >= 0.6 is 11.3 Å². The Kier molecular flexibility index (Phi) is 3.87. The van der Waals surface area contributed by atoms with Gasteiger partial charge in [-0.25, -0.2) is 0 Å². The quantitative estimate of drug-likeness (QED) is 0.940. The molecule has 0 unspecified atom stereocenters. The van der Waals surface area contributed by atoms with E-state index in [0.29, 0.717) is 6.42 Å². The van der Waals surface area contributed by atoms with E-state index in [4.69, 9.17) is 0 Å². The summed E-state index contributed by atoms with van der Waals surface area (Å²) in [5.74, 6) is 0.139. The average Bonchev–Trinajstić information content (AvgIpc) is 3.08. The maximum Gasteiger partial charge on any atom is 0.220 e. The Bertz CT molecular complexity index is 588. The lowest BCUT2D eigenvalue weighted by Crippen LogP contribution is -2.31. The molecular weight excluding hydrogens is 270 g/mol. The fourth-order valence-electron chi connectivity index (χ4n) is 2.81. The van der Waals surface area contributed by atoms with Crippen molar-refractivity contribution in [2.45, 2.75) is 38.1 Å². The van der Waals surface area contributed by atoms with E-state index in [1.165, 1.54) is 16.1 Å². The Morgan fingerprint density at radius 2 is 2.50 bits per heavy atom. The summed E-state index contributed by atoms with van der Waals surface area (Å²) in [5, 5.41) is 9.52. The Labute approximate surface area is 122 Å². The Morgan fingerprint density at radius 3 is 3.30 bits per heavy atom. The summed E-state index contributed by atoms with van der Waals surface area (Å²) in [6.45, 7) is 0. The number of hydrogen-bond donors (Lipinski definition) is 1. The molecule has 3 rings (SSSR count). The smallest absolute Gasteiger partial charge is 0.220 e. The van der Waals surface area contributed by atoms with Crippen molar-refractivity contribution in [2.24, 2.45) is 7.05 Å². The van der Waals surface area contributed by atoms with Crippen LogP contribution in [0.4, 0.5) is 0 Å². The lowest BCUT2D eigenvalue weighted by atomic mass is 9.93. The van der Waals surface area contributed by atoms with Gasteiger partial charge in [0.1, 0.15) is 0 Å². The molecule has 1 aliphatic carbocycles. The second-order valence-electron chi connectivity index (χ2n) is 5.26. The molecule has 20 heavy (non-hydrogen) atoms. The Balaban J connectivity index is 1.59. The molecule has 2 aromatic heterocycles. The van der Waals surface area contributed by atoms with Crippen LogP contribution in [-0.2, 0) is 24.7 Å². The summed E-state index contributed by atoms with van der Waals surface area (Å²) in [5.41, 5.74) is 2.46. The van der Waals surface area contributed by atoms with Gasteiger partial charge >= 0.3 is 0 Å². The molecule has 106 valence electrons. The van der Waals surface area contributed by atoms with Crippen LogP contribution in [0.5, 0.6) is 0 Å². The zero-order valence-corrected chi connectivity index (χ0v) is 12.4. The van der Waals surface area contributed by atoms with Crippen molar-refractivity contribution >= 4 is 17.2 Å². The molecular formula is C15H19N3OS. The number of hydrogen-bond acceptors (Lipinski definition) is 3. The van der Waals surface area contributed by atoms with Gasteiger partial charge in [0, 0.05) is 29.6 Å². The van der Waals surface area contributed by atoms with Gasteiger partial charge in [0.25, 0.3) is 0 Å². The second-order valence-corrected chi connectivity index (χ2v) is 6.29. The van der Waals surface area contributed by atoms with Crippen LogP contribution < -0.4 is 5.32 Å². The fraction of sp³-hybridized carbons (Fsp3) is 0.467. The Hall–Kier alpha value is -1.62. The van der Waals surface area contributed by atoms with E-state index in [1.54, 1.807) is 11.3 Å². The topological polar surface area (TPSA) is 46.9 Å². The maximum absolute atomic E-state index is 12.1. The van der Waals surface area contributed by atoms with Gasteiger partial charge in [0.2, 0.25) is 5.91 Å². The summed E-state index contributed by atoms with van der Waals surface area (Å²) in [6, 6.07) is 4.25. The van der Waals surface area contributed by atoms with Gasteiger partial charge in [-0.1, -0.05) is 6.07 Å². The molecule has 0 aliphatic heterocycles. The number of nitrogens with zero attached hydrogens (tertiary/aromatic N) is 2. The summed E-state index contributed by atoms with van der Waals surface area (Å²) >= 11 is 1.71. The third-order valence-electron chi connectivity index (χ3n) is 3.89. The number of aryl methyl sites for hydroxylation is 2. The van der Waals surface area contributed by atoms with Crippen molar-refractivity contribution in [3.05, 3.63) is 39.8 Å². The summed E-state index contributed by atoms with van der Waals surface area (Å²) in [7, 11) is 1.97. The van der Waals surface area contributed by atoms with Crippen LogP contribution in [0.2, 0.25) is 0 Å². The average molecular weight is 289 g/mol. The maximum atomic E-state index is 12.1. The van der Waals surface area contributed by atoms with Crippen LogP contribution in [0.15, 0.2) is 23.7 Å². The molecule has 1 amide bonds. The van der Waals surface area contributed by atoms with Crippen molar-refractivity contribution < 1.29 is 4.79 Å². The Morgan fingerprint density at radius 1 is 1.60 bits per heavy atom. The highest BCUT2D eigenvalue weighted by Crippen LogP contribution is 2.29. The van der Waals surface area contributed by atoms with Crippen molar-refractivity contribution in [3.8, 4) is 0 Å². The first-order chi connectivity index (χ1) is 9.74. The standard InChI is InChI=1S/C15H19N3OS/c1-18-14-6-2-5-13(12(14)10-16-18)17-15(19)8-7-11-4-3-9-20-11/h3-4,9-10,13H,2,5-8H2,1H3,(H,17,19)/t13-/m0/s1. The van der Waals surface area contributed by atoms with Crippen molar-refractivity contribution in [2.75, 3.05) is 0 Å². The zero-order chi connectivity index (χ0) is 13.9. The van der Waals surface area contributed by atoms with E-state index in [1.807, 2.05) is 24.0 Å². The fourth-order valence-corrected chi connectivity index (χ4v) is 3.52. The molecule has 0 radical (unpaired) electrons. The minimum Gasteiger partial charge on any atom is -0.349 e. The first-order valence-electron chi connectivity index (χ1n) is 7.06. The van der Waals surface area contributed by atoms with Crippen molar-refractivity contribution in [1.29, 1.82) is 0 Å². The number of nitrogens with one attached hydrogen (secondary N) is 1. The van der Waals surface area contributed by atoms with Gasteiger partial charge in [-0.2, -0.15) is 5.10 Å². The molecule has 1 atom stereocenters. The van der Waals surface area contributed by atoms with Gasteiger partial charge in [-0.3, -0.25) is 9.48 Å². The van der Waals surface area contributed by atoms with Crippen LogP contribution in [0.3, 0.4) is 0 Å². The minimum atomic E-state index is 0.139. The lowest BCUT2D eigenvalue weighted by Gasteiger charge is -2.23. The first kappa shape index (κ1) is 13.4. The molecule has 1 N–H and O–H groups in total. The van der Waals surface area contributed by atoms with Gasteiger partial charge in [-0.05, 0) is 37.1 Å². The van der Waals surface area contributed by atoms with Gasteiger partial charge in [0.15, 0.2) is 0 Å². The van der Waals surface area contributed by atoms with E-state index in [-0.39, 0.29) is 11.9 Å². The largest absolute Gasteiger partial charge is 0.349 e. The zero-order valence-electron chi connectivity index (χ0n) is 11.6. The van der Waals surface area contributed by atoms with Crippen LogP contribution in [-0.4, -0.2) is 15.7 Å². The third-order valence-corrected chi connectivity index (χ3v) is 4.83. The third kappa shape index (κ3) is 2.77. The molecule has 0 spiro atoms. The predicted octanol–water partition coefficient (Wildman–Crippen LogP) is 2.61. The van der Waals surface area contributed by atoms with Gasteiger partial charge in [0.05, 0.1) is 12.2 Å². The van der Waals surface area contributed by atoms with Gasteiger partial charge in [-0.15, -0.1) is 11.3 Å². The number of rotatable bonds is 4. The molecule has 0 saturated heterocycles. The van der Waals surface area contributed by atoms with Crippen LogP contribution in [0.1, 0.15) is 41.4 Å². The van der Waals surface area contributed by atoms with Crippen molar-refractivity contribution in [1.82, 2.24) is 15.1 Å². The molecule has 1 aliphatic rings. The number of carbonyl (C=O) groups excluding carboxylic acids is 1. The number of carbonyl (C=O) groups is 1. The summed E-state index contributed by atoms with van der Waals surface area (Å²) in [4.78, 5) is 13.4. The predicted molar refractivity (Wildman–Crippen MR) is 79.7 cm³/mol. The molecule has 0 bridgehead atoms. The number of fused-ring (bicyclic) bond motifs is 1. The first-order valence-corrected chi connectivity index (χ1v) is 7.94. The monoisotopic (exact) mass is 289 g/mol. The minimum absolute atomic E-state index is 0.139. The van der Waals surface area contributed by atoms with E-state index in [2.05, 4.69) is 21.9 Å². The van der Waals surface area contributed by atoms with E-state index >= 15 is 0 Å². The molecule has 2 aromatic rings. The molecule has 4 nitrogen and oxygen atoms in total. The lowest BCUT2D eigenvalue weighted by molar-refractivity contribution is -0.121. The SMILES string of the molecule is Cn1ncc2c1CCC[C@@H]2NC(=O)CCc1cccs1. The van der Waals surface area contributed by atoms with Crippen molar-refractivity contribution in [3.63, 3.8) is 0 Å². The van der Waals surface area contributed by atoms with Gasteiger partial charge < -0.3 is 5.32 Å². The molecule has 0 fully saturated rings. The number of thiophene rings is 1.